The third-order valence-corrected chi connectivity index (χ3v) is 2.96. The van der Waals surface area contributed by atoms with Crippen molar-refractivity contribution >= 4 is 0 Å². The van der Waals surface area contributed by atoms with Gasteiger partial charge in [0.2, 0.25) is 0 Å². The van der Waals surface area contributed by atoms with Crippen molar-refractivity contribution in [2.24, 2.45) is 0 Å². The normalized spacial score (nSPS) is 15.9. The van der Waals surface area contributed by atoms with Crippen LogP contribution in [-0.4, -0.2) is 37.1 Å². The molecule has 2 heteroatoms. The van der Waals surface area contributed by atoms with Crippen LogP contribution in [-0.2, 0) is 0 Å². The van der Waals surface area contributed by atoms with E-state index < -0.39 is 0 Å². The fraction of sp³-hybridized carbons (Fsp3) is 1.00. The van der Waals surface area contributed by atoms with Crippen molar-refractivity contribution in [2.45, 2.75) is 59.0 Å². The summed E-state index contributed by atoms with van der Waals surface area (Å²) in [7, 11) is 2.23. The van der Waals surface area contributed by atoms with E-state index in [1.165, 1.54) is 19.3 Å². The fourth-order valence-electron chi connectivity index (χ4n) is 1.69. The molecule has 0 saturated carbocycles. The Labute approximate surface area is 90.1 Å². The Morgan fingerprint density at radius 2 is 1.71 bits per heavy atom. The van der Waals surface area contributed by atoms with Crippen molar-refractivity contribution in [3.8, 4) is 0 Å². The molecule has 0 saturated heterocycles. The van der Waals surface area contributed by atoms with Crippen molar-refractivity contribution < 1.29 is 0 Å². The zero-order chi connectivity index (χ0) is 11.0. The van der Waals surface area contributed by atoms with Crippen LogP contribution in [0.2, 0.25) is 0 Å². The molecular weight excluding hydrogens is 172 g/mol. The summed E-state index contributed by atoms with van der Waals surface area (Å²) in [5, 5.41) is 3.47. The molecule has 14 heavy (non-hydrogen) atoms. The molecule has 0 aliphatic rings. The summed E-state index contributed by atoms with van der Waals surface area (Å²) < 4.78 is 0. The highest BCUT2D eigenvalue weighted by molar-refractivity contribution is 4.71. The van der Waals surface area contributed by atoms with Crippen molar-refractivity contribution in [1.82, 2.24) is 10.2 Å². The maximum atomic E-state index is 3.47. The topological polar surface area (TPSA) is 15.3 Å². The lowest BCUT2D eigenvalue weighted by Gasteiger charge is -2.30. The standard InChI is InChI=1S/C12H28N2/c1-6-8-11(3)14(5)12(4)10-13-9-7-2/h11-13H,6-10H2,1-5H3. The predicted octanol–water partition coefficient (Wildman–Crippen LogP) is 2.49. The van der Waals surface area contributed by atoms with Crippen LogP contribution in [0.5, 0.6) is 0 Å². The summed E-state index contributed by atoms with van der Waals surface area (Å²) in [5.41, 5.74) is 0. The van der Waals surface area contributed by atoms with E-state index in [1.807, 2.05) is 0 Å². The van der Waals surface area contributed by atoms with Gasteiger partial charge in [0.1, 0.15) is 0 Å². The second-order valence-electron chi connectivity index (χ2n) is 4.36. The van der Waals surface area contributed by atoms with Crippen molar-refractivity contribution in [2.75, 3.05) is 20.1 Å². The molecule has 0 bridgehead atoms. The number of nitrogens with one attached hydrogen (secondary N) is 1. The molecule has 0 spiro atoms. The number of nitrogens with zero attached hydrogens (tertiary/aromatic N) is 1. The Kier molecular flexibility index (Phi) is 8.20. The quantitative estimate of drug-likeness (QED) is 0.606. The van der Waals surface area contributed by atoms with Crippen LogP contribution >= 0.6 is 0 Å². The molecule has 2 atom stereocenters. The first-order chi connectivity index (χ1) is 6.63. The van der Waals surface area contributed by atoms with Gasteiger partial charge in [0.25, 0.3) is 0 Å². The first-order valence-electron chi connectivity index (χ1n) is 6.06. The molecule has 1 N–H and O–H groups in total. The lowest BCUT2D eigenvalue weighted by Crippen LogP contribution is -2.42. The summed E-state index contributed by atoms with van der Waals surface area (Å²) in [6.07, 6.45) is 3.80. The van der Waals surface area contributed by atoms with Crippen LogP contribution in [0.4, 0.5) is 0 Å². The zero-order valence-corrected chi connectivity index (χ0v) is 10.6. The average molecular weight is 200 g/mol. The molecular formula is C12H28N2. The minimum Gasteiger partial charge on any atom is -0.315 e. The van der Waals surface area contributed by atoms with E-state index in [2.05, 4.69) is 45.0 Å². The van der Waals surface area contributed by atoms with Crippen LogP contribution in [0.15, 0.2) is 0 Å². The SMILES string of the molecule is CCCNCC(C)N(C)C(C)CCC. The lowest BCUT2D eigenvalue weighted by molar-refractivity contribution is 0.183. The molecule has 2 nitrogen and oxygen atoms in total. The maximum Gasteiger partial charge on any atom is 0.0192 e. The Bertz CT molecular complexity index is 125. The van der Waals surface area contributed by atoms with Gasteiger partial charge in [-0.3, -0.25) is 4.90 Å². The van der Waals surface area contributed by atoms with Crippen LogP contribution in [0, 0.1) is 0 Å². The molecule has 0 aromatic carbocycles. The molecule has 2 unspecified atom stereocenters. The summed E-state index contributed by atoms with van der Waals surface area (Å²) in [5.74, 6) is 0. The van der Waals surface area contributed by atoms with E-state index >= 15 is 0 Å². The molecule has 0 amide bonds. The third-order valence-electron chi connectivity index (χ3n) is 2.96. The lowest BCUT2D eigenvalue weighted by atomic mass is 10.1. The van der Waals surface area contributed by atoms with Crippen molar-refractivity contribution in [1.29, 1.82) is 0 Å². The molecule has 0 heterocycles. The molecule has 0 rings (SSSR count). The highest BCUT2D eigenvalue weighted by Crippen LogP contribution is 2.07. The van der Waals surface area contributed by atoms with Gasteiger partial charge in [0, 0.05) is 18.6 Å². The summed E-state index contributed by atoms with van der Waals surface area (Å²) in [6.45, 7) is 11.3. The van der Waals surface area contributed by atoms with E-state index in [9.17, 15) is 0 Å². The van der Waals surface area contributed by atoms with E-state index in [-0.39, 0.29) is 0 Å². The average Bonchev–Trinajstić information content (AvgIpc) is 2.17. The van der Waals surface area contributed by atoms with Gasteiger partial charge in [-0.1, -0.05) is 20.3 Å². The summed E-state index contributed by atoms with van der Waals surface area (Å²) >= 11 is 0. The summed E-state index contributed by atoms with van der Waals surface area (Å²) in [4.78, 5) is 2.48. The number of rotatable bonds is 8. The van der Waals surface area contributed by atoms with Gasteiger partial charge in [-0.05, 0) is 40.3 Å². The molecule has 0 fully saturated rings. The van der Waals surface area contributed by atoms with Gasteiger partial charge in [0.05, 0.1) is 0 Å². The zero-order valence-electron chi connectivity index (χ0n) is 10.6. The molecule has 0 aromatic rings. The van der Waals surface area contributed by atoms with Gasteiger partial charge < -0.3 is 5.32 Å². The molecule has 0 radical (unpaired) electrons. The Hall–Kier alpha value is -0.0800. The van der Waals surface area contributed by atoms with Gasteiger partial charge in [0.15, 0.2) is 0 Å². The largest absolute Gasteiger partial charge is 0.315 e. The second-order valence-corrected chi connectivity index (χ2v) is 4.36. The Balaban J connectivity index is 3.68. The monoisotopic (exact) mass is 200 g/mol. The van der Waals surface area contributed by atoms with Crippen LogP contribution in [0.25, 0.3) is 0 Å². The Morgan fingerprint density at radius 1 is 1.07 bits per heavy atom. The summed E-state index contributed by atoms with van der Waals surface area (Å²) in [6, 6.07) is 1.35. The van der Waals surface area contributed by atoms with Gasteiger partial charge >= 0.3 is 0 Å². The highest BCUT2D eigenvalue weighted by Gasteiger charge is 2.13. The van der Waals surface area contributed by atoms with Gasteiger partial charge in [-0.2, -0.15) is 0 Å². The van der Waals surface area contributed by atoms with Gasteiger partial charge in [-0.15, -0.1) is 0 Å². The van der Waals surface area contributed by atoms with Crippen LogP contribution in [0.3, 0.4) is 0 Å². The van der Waals surface area contributed by atoms with E-state index in [0.717, 1.165) is 13.1 Å². The molecule has 86 valence electrons. The number of hydrogen-bond donors (Lipinski definition) is 1. The van der Waals surface area contributed by atoms with Gasteiger partial charge in [-0.25, -0.2) is 0 Å². The minimum atomic E-state index is 0.642. The van der Waals surface area contributed by atoms with E-state index in [4.69, 9.17) is 0 Å². The van der Waals surface area contributed by atoms with Crippen molar-refractivity contribution in [3.63, 3.8) is 0 Å². The molecule has 0 aliphatic carbocycles. The first kappa shape index (κ1) is 13.9. The predicted molar refractivity (Wildman–Crippen MR) is 64.8 cm³/mol. The third kappa shape index (κ3) is 5.61. The van der Waals surface area contributed by atoms with Crippen molar-refractivity contribution in [3.05, 3.63) is 0 Å². The minimum absolute atomic E-state index is 0.642. The van der Waals surface area contributed by atoms with Crippen LogP contribution < -0.4 is 5.32 Å². The Morgan fingerprint density at radius 3 is 2.21 bits per heavy atom. The number of likely N-dealkylation sites (N-methyl/N-ethyl adjacent to an activating group) is 1. The van der Waals surface area contributed by atoms with E-state index in [1.54, 1.807) is 0 Å². The number of hydrogen-bond acceptors (Lipinski definition) is 2. The second kappa shape index (κ2) is 8.25. The van der Waals surface area contributed by atoms with E-state index in [0.29, 0.717) is 12.1 Å². The highest BCUT2D eigenvalue weighted by atomic mass is 15.2. The maximum absolute atomic E-state index is 3.47. The van der Waals surface area contributed by atoms with Crippen LogP contribution in [0.1, 0.15) is 47.0 Å². The smallest absolute Gasteiger partial charge is 0.0192 e. The molecule has 0 aliphatic heterocycles. The first-order valence-corrected chi connectivity index (χ1v) is 6.06. The molecule has 0 aromatic heterocycles. The fourth-order valence-corrected chi connectivity index (χ4v) is 1.69.